The fourth-order valence-electron chi connectivity index (χ4n) is 3.16. The molecule has 0 bridgehead atoms. The highest BCUT2D eigenvalue weighted by atomic mass is 35.5. The highest BCUT2D eigenvalue weighted by molar-refractivity contribution is 7.89. The number of hydrogen-bond acceptors (Lipinski definition) is 4. The lowest BCUT2D eigenvalue weighted by atomic mass is 10.1. The van der Waals surface area contributed by atoms with Gasteiger partial charge < -0.3 is 11.1 Å². The fourth-order valence-corrected chi connectivity index (χ4v) is 5.49. The summed E-state index contributed by atoms with van der Waals surface area (Å²) in [6.07, 6.45) is 2.70. The van der Waals surface area contributed by atoms with Crippen LogP contribution < -0.4 is 11.1 Å². The highest BCUT2D eigenvalue weighted by Gasteiger charge is 2.47. The van der Waals surface area contributed by atoms with Gasteiger partial charge in [-0.25, -0.2) is 12.7 Å². The van der Waals surface area contributed by atoms with Crippen molar-refractivity contribution in [1.29, 1.82) is 0 Å². The third-order valence-electron chi connectivity index (χ3n) is 4.24. The van der Waals surface area contributed by atoms with Crippen molar-refractivity contribution in [3.05, 3.63) is 28.8 Å². The van der Waals surface area contributed by atoms with E-state index in [1.165, 1.54) is 4.31 Å². The van der Waals surface area contributed by atoms with Crippen molar-refractivity contribution in [1.82, 2.24) is 4.31 Å². The molecule has 3 N–H and O–H groups in total. The van der Waals surface area contributed by atoms with E-state index in [0.29, 0.717) is 29.4 Å². The number of nitrogens with zero attached hydrogens (tertiary/aromatic N) is 1. The van der Waals surface area contributed by atoms with E-state index in [0.717, 1.165) is 19.3 Å². The van der Waals surface area contributed by atoms with Gasteiger partial charge in [0.05, 0.1) is 0 Å². The number of nitrogens with two attached hydrogens (primary N) is 1. The molecule has 2 heterocycles. The largest absolute Gasteiger partial charge is 0.372 e. The molecule has 0 radical (unpaired) electrons. The van der Waals surface area contributed by atoms with Crippen LogP contribution in [-0.2, 0) is 14.8 Å². The van der Waals surface area contributed by atoms with Crippen molar-refractivity contribution >= 4 is 33.2 Å². The minimum atomic E-state index is -3.67. The Labute approximate surface area is 134 Å². The van der Waals surface area contributed by atoms with Gasteiger partial charge in [-0.3, -0.25) is 4.79 Å². The number of piperidine rings is 1. The molecule has 1 aromatic rings. The number of carbonyl (C=O) groups excluding carboxylic acids is 1. The van der Waals surface area contributed by atoms with E-state index < -0.39 is 27.2 Å². The van der Waals surface area contributed by atoms with Gasteiger partial charge in [0.25, 0.3) is 0 Å². The van der Waals surface area contributed by atoms with Gasteiger partial charge in [0.1, 0.15) is 11.3 Å². The lowest BCUT2D eigenvalue weighted by Gasteiger charge is -2.30. The molecule has 22 heavy (non-hydrogen) atoms. The summed E-state index contributed by atoms with van der Waals surface area (Å²) in [4.78, 5) is 11.7. The molecule has 2 unspecified atom stereocenters. The quantitative estimate of drug-likeness (QED) is 0.869. The molecule has 0 spiro atoms. The second kappa shape index (κ2) is 5.72. The average molecular weight is 344 g/mol. The van der Waals surface area contributed by atoms with Crippen LogP contribution in [0.3, 0.4) is 0 Å². The lowest BCUT2D eigenvalue weighted by molar-refractivity contribution is -0.118. The monoisotopic (exact) mass is 343 g/mol. The first-order chi connectivity index (χ1) is 10.4. The van der Waals surface area contributed by atoms with Gasteiger partial charge in [0.15, 0.2) is 0 Å². The number of hydrogen-bond donors (Lipinski definition) is 2. The van der Waals surface area contributed by atoms with Crippen LogP contribution in [0.2, 0.25) is 5.02 Å². The van der Waals surface area contributed by atoms with Crippen molar-refractivity contribution in [3.63, 3.8) is 0 Å². The molecule has 6 nitrogen and oxygen atoms in total. The van der Waals surface area contributed by atoms with Crippen molar-refractivity contribution in [3.8, 4) is 0 Å². The van der Waals surface area contributed by atoms with Gasteiger partial charge in [0, 0.05) is 23.8 Å². The molecule has 0 aliphatic carbocycles. The molecule has 1 saturated heterocycles. The Morgan fingerprint density at radius 3 is 2.59 bits per heavy atom. The fraction of sp³-hybridized carbons (Fsp3) is 0.500. The number of nitrogens with one attached hydrogen (secondary N) is 1. The predicted molar refractivity (Wildman–Crippen MR) is 85.1 cm³/mol. The van der Waals surface area contributed by atoms with Crippen LogP contribution in [0.25, 0.3) is 0 Å². The first-order valence-electron chi connectivity index (χ1n) is 7.25. The third kappa shape index (κ3) is 2.57. The number of fused-ring (bicyclic) bond motifs is 1. The highest BCUT2D eigenvalue weighted by Crippen LogP contribution is 2.42. The maximum Gasteiger partial charge on any atom is 0.241 e. The summed E-state index contributed by atoms with van der Waals surface area (Å²) in [5.74, 6) is -0.682. The molecule has 2 atom stereocenters. The molecule has 120 valence electrons. The number of anilines is 1. The summed E-state index contributed by atoms with van der Waals surface area (Å²) in [6, 6.07) is 3.96. The van der Waals surface area contributed by atoms with E-state index in [-0.39, 0.29) is 0 Å². The smallest absolute Gasteiger partial charge is 0.241 e. The number of halogens is 1. The Hall–Kier alpha value is -1.31. The molecule has 3 rings (SSSR count). The topological polar surface area (TPSA) is 92.5 Å². The zero-order chi connectivity index (χ0) is 15.9. The van der Waals surface area contributed by atoms with Gasteiger partial charge in [-0.1, -0.05) is 18.0 Å². The molecule has 1 amide bonds. The summed E-state index contributed by atoms with van der Waals surface area (Å²) >= 11 is 6.00. The Morgan fingerprint density at radius 1 is 1.27 bits per heavy atom. The molecule has 2 aliphatic heterocycles. The Balaban J connectivity index is 2.05. The van der Waals surface area contributed by atoms with E-state index in [4.69, 9.17) is 17.3 Å². The van der Waals surface area contributed by atoms with E-state index >= 15 is 0 Å². The molecular weight excluding hydrogens is 326 g/mol. The molecule has 0 saturated carbocycles. The lowest BCUT2D eigenvalue weighted by Crippen LogP contribution is -2.45. The number of rotatable bonds is 3. The second-order valence-corrected chi connectivity index (χ2v) is 8.17. The summed E-state index contributed by atoms with van der Waals surface area (Å²) in [5, 5.41) is 2.34. The molecule has 1 aromatic carbocycles. The van der Waals surface area contributed by atoms with Crippen LogP contribution in [0.4, 0.5) is 5.69 Å². The number of carbonyl (C=O) groups is 1. The van der Waals surface area contributed by atoms with Gasteiger partial charge in [0.2, 0.25) is 15.9 Å². The maximum atomic E-state index is 13.0. The van der Waals surface area contributed by atoms with Crippen molar-refractivity contribution in [2.75, 3.05) is 18.4 Å². The number of sulfonamides is 1. The van der Waals surface area contributed by atoms with Crippen LogP contribution >= 0.6 is 11.6 Å². The van der Waals surface area contributed by atoms with E-state index in [2.05, 4.69) is 5.32 Å². The standard InChI is InChI=1S/C14H18ClN3O3S/c15-9-4-5-11-10(8-9)13(12(17-11)14(16)19)22(20,21)18-6-2-1-3-7-18/h4-5,8,12-13,17H,1-3,6-7H2,(H2,16,19). The Kier molecular flexibility index (Phi) is 4.05. The Bertz CT molecular complexity index is 701. The molecule has 0 aromatic heterocycles. The van der Waals surface area contributed by atoms with Gasteiger partial charge >= 0.3 is 0 Å². The number of amides is 1. The second-order valence-electron chi connectivity index (χ2n) is 5.68. The van der Waals surface area contributed by atoms with Crippen molar-refractivity contribution in [2.24, 2.45) is 5.73 Å². The normalized spacial score (nSPS) is 25.5. The maximum absolute atomic E-state index is 13.0. The van der Waals surface area contributed by atoms with Crippen molar-refractivity contribution in [2.45, 2.75) is 30.6 Å². The SMILES string of the molecule is NC(=O)C1Nc2ccc(Cl)cc2C1S(=O)(=O)N1CCCCC1. The van der Waals surface area contributed by atoms with Gasteiger partial charge in [-0.05, 0) is 36.6 Å². The van der Waals surface area contributed by atoms with E-state index in [1.54, 1.807) is 18.2 Å². The summed E-state index contributed by atoms with van der Waals surface area (Å²) in [5.41, 5.74) is 6.53. The van der Waals surface area contributed by atoms with Gasteiger partial charge in [-0.2, -0.15) is 0 Å². The summed E-state index contributed by atoms with van der Waals surface area (Å²) < 4.78 is 27.5. The molecule has 2 aliphatic rings. The van der Waals surface area contributed by atoms with Crippen LogP contribution in [0.5, 0.6) is 0 Å². The zero-order valence-electron chi connectivity index (χ0n) is 12.0. The first-order valence-corrected chi connectivity index (χ1v) is 9.13. The predicted octanol–water partition coefficient (Wildman–Crippen LogP) is 1.48. The average Bonchev–Trinajstić information content (AvgIpc) is 2.87. The zero-order valence-corrected chi connectivity index (χ0v) is 13.5. The first kappa shape index (κ1) is 15.6. The minimum absolute atomic E-state index is 0.435. The van der Waals surface area contributed by atoms with Crippen LogP contribution in [-0.4, -0.2) is 37.8 Å². The number of benzene rings is 1. The van der Waals surface area contributed by atoms with Crippen molar-refractivity contribution < 1.29 is 13.2 Å². The van der Waals surface area contributed by atoms with Crippen LogP contribution in [0.15, 0.2) is 18.2 Å². The minimum Gasteiger partial charge on any atom is -0.372 e. The van der Waals surface area contributed by atoms with Crippen LogP contribution in [0, 0.1) is 0 Å². The Morgan fingerprint density at radius 2 is 1.95 bits per heavy atom. The number of primary amides is 1. The van der Waals surface area contributed by atoms with Gasteiger partial charge in [-0.15, -0.1) is 0 Å². The molecular formula is C14H18ClN3O3S. The summed E-state index contributed by atoms with van der Waals surface area (Å²) in [7, 11) is -3.67. The molecule has 8 heteroatoms. The van der Waals surface area contributed by atoms with Crippen LogP contribution in [0.1, 0.15) is 30.1 Å². The van der Waals surface area contributed by atoms with E-state index in [1.807, 2.05) is 0 Å². The molecule has 1 fully saturated rings. The third-order valence-corrected chi connectivity index (χ3v) is 6.72. The summed E-state index contributed by atoms with van der Waals surface area (Å²) in [6.45, 7) is 0.973. The van der Waals surface area contributed by atoms with E-state index in [9.17, 15) is 13.2 Å².